The van der Waals surface area contributed by atoms with Gasteiger partial charge in [-0.3, -0.25) is 0 Å². The van der Waals surface area contributed by atoms with Crippen LogP contribution in [0.5, 0.6) is 5.75 Å². The Morgan fingerprint density at radius 2 is 1.71 bits per heavy atom. The highest BCUT2D eigenvalue weighted by atomic mass is 19.2. The Morgan fingerprint density at radius 1 is 1.05 bits per heavy atom. The highest BCUT2D eigenvalue weighted by Crippen LogP contribution is 2.25. The van der Waals surface area contributed by atoms with Gasteiger partial charge in [-0.1, -0.05) is 18.2 Å². The first-order chi connectivity index (χ1) is 10.0. The average Bonchev–Trinajstić information content (AvgIpc) is 2.49. The van der Waals surface area contributed by atoms with Gasteiger partial charge < -0.3 is 10.1 Å². The highest BCUT2D eigenvalue weighted by molar-refractivity contribution is 5.35. The molecule has 2 aromatic rings. The topological polar surface area (TPSA) is 21.3 Å². The summed E-state index contributed by atoms with van der Waals surface area (Å²) < 4.78 is 44.8. The van der Waals surface area contributed by atoms with Crippen molar-refractivity contribution in [3.05, 3.63) is 65.0 Å². The number of para-hydroxylation sites is 1. The van der Waals surface area contributed by atoms with Crippen LogP contribution in [0.25, 0.3) is 0 Å². The Morgan fingerprint density at radius 3 is 2.43 bits per heavy atom. The van der Waals surface area contributed by atoms with Crippen molar-refractivity contribution >= 4 is 0 Å². The quantitative estimate of drug-likeness (QED) is 0.843. The average molecular weight is 295 g/mol. The first kappa shape index (κ1) is 15.4. The molecule has 1 atom stereocenters. The predicted molar refractivity (Wildman–Crippen MR) is 74.6 cm³/mol. The van der Waals surface area contributed by atoms with Crippen LogP contribution in [0.2, 0.25) is 0 Å². The first-order valence-electron chi connectivity index (χ1n) is 6.52. The minimum absolute atomic E-state index is 0.0793. The van der Waals surface area contributed by atoms with E-state index in [1.54, 1.807) is 7.11 Å². The zero-order valence-electron chi connectivity index (χ0n) is 11.8. The summed E-state index contributed by atoms with van der Waals surface area (Å²) >= 11 is 0. The SMILES string of the molecule is COc1ccccc1[C@@H](C)NCc1cc(F)c(F)cc1F. The molecule has 0 aliphatic heterocycles. The van der Waals surface area contributed by atoms with Crippen LogP contribution in [0, 0.1) is 17.5 Å². The summed E-state index contributed by atoms with van der Waals surface area (Å²) in [6.07, 6.45) is 0. The van der Waals surface area contributed by atoms with Crippen molar-refractivity contribution in [2.75, 3.05) is 7.11 Å². The van der Waals surface area contributed by atoms with Crippen LogP contribution in [0.3, 0.4) is 0 Å². The number of hydrogen-bond donors (Lipinski definition) is 1. The van der Waals surface area contributed by atoms with Crippen molar-refractivity contribution in [2.45, 2.75) is 19.5 Å². The van der Waals surface area contributed by atoms with Gasteiger partial charge in [-0.15, -0.1) is 0 Å². The van der Waals surface area contributed by atoms with Gasteiger partial charge in [-0.25, -0.2) is 13.2 Å². The van der Waals surface area contributed by atoms with Crippen LogP contribution >= 0.6 is 0 Å². The molecule has 0 heterocycles. The molecule has 0 bridgehead atoms. The molecule has 0 aromatic heterocycles. The molecule has 0 amide bonds. The third-order valence-electron chi connectivity index (χ3n) is 3.29. The maximum Gasteiger partial charge on any atom is 0.161 e. The molecule has 112 valence electrons. The van der Waals surface area contributed by atoms with Crippen LogP contribution in [0.15, 0.2) is 36.4 Å². The summed E-state index contributed by atoms with van der Waals surface area (Å²) in [5, 5.41) is 3.07. The minimum Gasteiger partial charge on any atom is -0.496 e. The van der Waals surface area contributed by atoms with E-state index in [1.165, 1.54) is 0 Å². The summed E-state index contributed by atoms with van der Waals surface area (Å²) in [5.41, 5.74) is 0.985. The molecule has 2 nitrogen and oxygen atoms in total. The van der Waals surface area contributed by atoms with E-state index in [9.17, 15) is 13.2 Å². The lowest BCUT2D eigenvalue weighted by atomic mass is 10.1. The van der Waals surface area contributed by atoms with Gasteiger partial charge in [-0.05, 0) is 19.1 Å². The van der Waals surface area contributed by atoms with E-state index in [0.29, 0.717) is 11.8 Å². The van der Waals surface area contributed by atoms with Gasteiger partial charge >= 0.3 is 0 Å². The second-order valence-corrected chi connectivity index (χ2v) is 4.70. The molecule has 2 aromatic carbocycles. The van der Waals surface area contributed by atoms with Crippen molar-refractivity contribution in [3.63, 3.8) is 0 Å². The molecule has 0 aliphatic rings. The Kier molecular flexibility index (Phi) is 4.85. The van der Waals surface area contributed by atoms with Crippen LogP contribution in [0.4, 0.5) is 13.2 Å². The molecule has 5 heteroatoms. The fourth-order valence-corrected chi connectivity index (χ4v) is 2.10. The van der Waals surface area contributed by atoms with Crippen molar-refractivity contribution in [1.82, 2.24) is 5.32 Å². The molecule has 0 radical (unpaired) electrons. The lowest BCUT2D eigenvalue weighted by molar-refractivity contribution is 0.401. The molecular formula is C16H16F3NO. The predicted octanol–water partition coefficient (Wildman–Crippen LogP) is 3.96. The number of ether oxygens (including phenoxy) is 1. The van der Waals surface area contributed by atoms with E-state index in [4.69, 9.17) is 4.74 Å². The van der Waals surface area contributed by atoms with Crippen LogP contribution in [-0.2, 0) is 6.54 Å². The van der Waals surface area contributed by atoms with Gasteiger partial charge in [0.15, 0.2) is 11.6 Å². The second-order valence-electron chi connectivity index (χ2n) is 4.70. The van der Waals surface area contributed by atoms with Gasteiger partial charge in [0.25, 0.3) is 0 Å². The molecule has 0 unspecified atom stereocenters. The van der Waals surface area contributed by atoms with E-state index < -0.39 is 17.5 Å². The molecule has 0 saturated heterocycles. The normalized spacial score (nSPS) is 12.2. The number of methoxy groups -OCH3 is 1. The van der Waals surface area contributed by atoms with Crippen LogP contribution in [0.1, 0.15) is 24.1 Å². The molecule has 0 fully saturated rings. The van der Waals surface area contributed by atoms with E-state index in [1.807, 2.05) is 31.2 Å². The Hall–Kier alpha value is -2.01. The molecule has 21 heavy (non-hydrogen) atoms. The maximum absolute atomic E-state index is 13.6. The second kappa shape index (κ2) is 6.63. The maximum atomic E-state index is 13.6. The molecule has 1 N–H and O–H groups in total. The molecule has 0 saturated carbocycles. The fraction of sp³-hybridized carbons (Fsp3) is 0.250. The molecule has 0 spiro atoms. The molecular weight excluding hydrogens is 279 g/mol. The number of hydrogen-bond acceptors (Lipinski definition) is 2. The Labute approximate surface area is 121 Å². The largest absolute Gasteiger partial charge is 0.496 e. The van der Waals surface area contributed by atoms with Gasteiger partial charge in [0.05, 0.1) is 7.11 Å². The zero-order chi connectivity index (χ0) is 15.4. The van der Waals surface area contributed by atoms with Crippen LogP contribution < -0.4 is 10.1 Å². The van der Waals surface area contributed by atoms with E-state index in [0.717, 1.165) is 11.6 Å². The van der Waals surface area contributed by atoms with E-state index >= 15 is 0 Å². The summed E-state index contributed by atoms with van der Waals surface area (Å²) in [5.74, 6) is -2.30. The van der Waals surface area contributed by atoms with Crippen molar-refractivity contribution in [1.29, 1.82) is 0 Å². The lowest BCUT2D eigenvalue weighted by Gasteiger charge is -2.17. The number of benzene rings is 2. The third kappa shape index (κ3) is 3.55. The number of nitrogens with one attached hydrogen (secondary N) is 1. The fourth-order valence-electron chi connectivity index (χ4n) is 2.10. The van der Waals surface area contributed by atoms with Crippen molar-refractivity contribution in [2.24, 2.45) is 0 Å². The smallest absolute Gasteiger partial charge is 0.161 e. The summed E-state index contributed by atoms with van der Waals surface area (Å²) in [6.45, 7) is 1.97. The lowest BCUT2D eigenvalue weighted by Crippen LogP contribution is -2.19. The van der Waals surface area contributed by atoms with Crippen LogP contribution in [-0.4, -0.2) is 7.11 Å². The summed E-state index contributed by atoms with van der Waals surface area (Å²) in [6, 6.07) is 8.73. The van der Waals surface area contributed by atoms with Gasteiger partial charge in [0, 0.05) is 29.8 Å². The molecule has 0 aliphatic carbocycles. The Bertz CT molecular complexity index is 631. The minimum atomic E-state index is -1.19. The zero-order valence-corrected chi connectivity index (χ0v) is 11.8. The van der Waals surface area contributed by atoms with Crippen molar-refractivity contribution in [3.8, 4) is 5.75 Å². The van der Waals surface area contributed by atoms with E-state index in [2.05, 4.69) is 5.32 Å². The molecule has 2 rings (SSSR count). The van der Waals surface area contributed by atoms with Gasteiger partial charge in [-0.2, -0.15) is 0 Å². The van der Waals surface area contributed by atoms with E-state index in [-0.39, 0.29) is 18.2 Å². The monoisotopic (exact) mass is 295 g/mol. The standard InChI is InChI=1S/C16H16F3NO/c1-10(12-5-3-4-6-16(12)21-2)20-9-11-7-14(18)15(19)8-13(11)17/h3-8,10,20H,9H2,1-2H3/t10-/m1/s1. The summed E-state index contributed by atoms with van der Waals surface area (Å²) in [7, 11) is 1.57. The van der Waals surface area contributed by atoms with Crippen molar-refractivity contribution < 1.29 is 17.9 Å². The third-order valence-corrected chi connectivity index (χ3v) is 3.29. The summed E-state index contributed by atoms with van der Waals surface area (Å²) in [4.78, 5) is 0. The highest BCUT2D eigenvalue weighted by Gasteiger charge is 2.13. The first-order valence-corrected chi connectivity index (χ1v) is 6.52. The van der Waals surface area contributed by atoms with Gasteiger partial charge in [0.2, 0.25) is 0 Å². The van der Waals surface area contributed by atoms with Gasteiger partial charge in [0.1, 0.15) is 11.6 Å². The Balaban J connectivity index is 2.11. The number of rotatable bonds is 5. The number of halogens is 3.